The van der Waals surface area contributed by atoms with E-state index < -0.39 is 0 Å². The summed E-state index contributed by atoms with van der Waals surface area (Å²) in [6, 6.07) is 0. The Kier molecular flexibility index (Phi) is 57.1. The first kappa shape index (κ1) is 23.0. The van der Waals surface area contributed by atoms with Crippen LogP contribution < -0.4 is 0 Å². The second-order valence-electron chi connectivity index (χ2n) is 1.91. The first-order valence-corrected chi connectivity index (χ1v) is 5.37. The fourth-order valence-corrected chi connectivity index (χ4v) is 0. The maximum absolute atomic E-state index is 4.26. The molecule has 0 N–H and O–H groups in total. The summed E-state index contributed by atoms with van der Waals surface area (Å²) < 4.78 is 0. The molecule has 0 aliphatic carbocycles. The Balaban J connectivity index is -0.0000000380. The van der Waals surface area contributed by atoms with Crippen molar-refractivity contribution in [3.63, 3.8) is 0 Å². The third-order valence-electron chi connectivity index (χ3n) is 0. The van der Waals surface area contributed by atoms with Gasteiger partial charge >= 0.3 is 49.5 Å². The molecule has 0 nitrogen and oxygen atoms in total. The first-order chi connectivity index (χ1) is 5.46. The molecular weight excluding hydrogens is 284 g/mol. The van der Waals surface area contributed by atoms with E-state index in [1.807, 2.05) is 13.8 Å². The molecule has 4 heteroatoms. The molecule has 0 unspecified atom stereocenters. The van der Waals surface area contributed by atoms with E-state index in [-0.39, 0.29) is 0 Å². The average Bonchev–Trinajstić information content (AvgIpc) is 1.93. The molecule has 82 valence electrons. The van der Waals surface area contributed by atoms with E-state index in [4.69, 9.17) is 0 Å². The Labute approximate surface area is 101 Å². The minimum absolute atomic E-state index is 0.917. The molecule has 0 saturated carbocycles. The van der Waals surface area contributed by atoms with Crippen molar-refractivity contribution >= 4 is 20.4 Å². The molecule has 0 saturated heterocycles. The second-order valence-corrected chi connectivity index (χ2v) is 1.91. The van der Waals surface area contributed by atoms with Crippen LogP contribution >= 0.6 is 20.4 Å². The van der Waals surface area contributed by atoms with Crippen molar-refractivity contribution in [3.05, 3.63) is 38.2 Å². The summed E-state index contributed by atoms with van der Waals surface area (Å²) in [5, 5.41) is 0. The van der Waals surface area contributed by atoms with Gasteiger partial charge in [0.25, 0.3) is 0 Å². The van der Waals surface area contributed by atoms with Gasteiger partial charge in [0.05, 0.1) is 0 Å². The summed E-state index contributed by atoms with van der Waals surface area (Å²) in [5.41, 5.74) is 1.83. The maximum atomic E-state index is 4.26. The van der Waals surface area contributed by atoms with E-state index in [1.54, 1.807) is 0 Å². The molecule has 0 bridgehead atoms. The van der Waals surface area contributed by atoms with Gasteiger partial charge in [-0.3, -0.25) is 0 Å². The van der Waals surface area contributed by atoms with Crippen molar-refractivity contribution in [2.24, 2.45) is 0 Å². The van der Waals surface area contributed by atoms with Crippen molar-refractivity contribution in [1.29, 1.82) is 0 Å². The zero-order chi connectivity index (χ0) is 11.2. The Morgan fingerprint density at radius 3 is 0.917 bits per heavy atom. The predicted octanol–water partition coefficient (Wildman–Crippen LogP) is 4.17. The average molecular weight is 298 g/mol. The summed E-state index contributed by atoms with van der Waals surface area (Å²) in [5.74, 6) is 0. The molecule has 0 fully saturated rings. The van der Waals surface area contributed by atoms with Crippen LogP contribution in [0.4, 0.5) is 0 Å². The van der Waals surface area contributed by atoms with Gasteiger partial charge in [-0.1, -0.05) is 13.8 Å². The topological polar surface area (TPSA) is 0 Å². The minimum atomic E-state index is 0.917. The molecule has 0 radical (unpaired) electrons. The molecule has 0 aliphatic rings. The number of hydrogen-bond donors (Lipinski definition) is 0. The van der Waals surface area contributed by atoms with Crippen LogP contribution in [0.25, 0.3) is 0 Å². The molecule has 0 amide bonds. The summed E-state index contributed by atoms with van der Waals surface area (Å²) in [4.78, 5) is 0. The predicted molar refractivity (Wildman–Crippen MR) is 52.0 cm³/mol. The van der Waals surface area contributed by atoms with Crippen molar-refractivity contribution in [2.75, 3.05) is 0 Å². The van der Waals surface area contributed by atoms with Crippen molar-refractivity contribution in [3.8, 4) is 0 Å². The third-order valence-corrected chi connectivity index (χ3v) is 0. The van der Waals surface area contributed by atoms with Crippen LogP contribution in [-0.2, 0) is 29.1 Å². The Morgan fingerprint density at radius 2 is 0.917 bits per heavy atom. The van der Waals surface area contributed by atoms with Crippen LogP contribution in [0, 0.1) is 13.8 Å². The number of hydrogen-bond acceptors (Lipinski definition) is 0. The summed E-state index contributed by atoms with van der Waals surface area (Å²) in [6.07, 6.45) is 0. The zero-order valence-electron chi connectivity index (χ0n) is 7.22. The molecule has 0 rings (SSSR count). The number of allylic oxidation sites excluding steroid dienone is 2. The number of rotatable bonds is 0. The first-order valence-electron chi connectivity index (χ1n) is 2.65. The normalized spacial score (nSPS) is 5.33. The van der Waals surface area contributed by atoms with Crippen LogP contribution in [0.15, 0.2) is 24.3 Å². The fraction of sp³-hybridized carbons (Fsp3) is 0.250. The van der Waals surface area contributed by atoms with Crippen LogP contribution in [0.5, 0.6) is 0 Å². The van der Waals surface area contributed by atoms with Gasteiger partial charge in [-0.15, -0.1) is 0 Å². The van der Waals surface area contributed by atoms with E-state index >= 15 is 0 Å². The van der Waals surface area contributed by atoms with Crippen LogP contribution in [0.2, 0.25) is 0 Å². The van der Waals surface area contributed by atoms with Crippen molar-refractivity contribution in [1.82, 2.24) is 0 Å². The molecule has 0 spiro atoms. The SMILES string of the molecule is C=C([CH2-])C.C=C([CH2-])C.[Cl][Ni].[Cl][Ni]. The van der Waals surface area contributed by atoms with E-state index in [0.29, 0.717) is 0 Å². The van der Waals surface area contributed by atoms with Crippen molar-refractivity contribution in [2.45, 2.75) is 13.8 Å². The quantitative estimate of drug-likeness (QED) is 0.465. The van der Waals surface area contributed by atoms with Gasteiger partial charge in [0.1, 0.15) is 0 Å². The monoisotopic (exact) mass is 296 g/mol. The molecule has 0 atom stereocenters. The molecule has 12 heavy (non-hydrogen) atoms. The third kappa shape index (κ3) is 1670. The summed E-state index contributed by atoms with van der Waals surface area (Å²) >= 11 is 6.69. The summed E-state index contributed by atoms with van der Waals surface area (Å²) in [7, 11) is 8.53. The van der Waals surface area contributed by atoms with Crippen molar-refractivity contribution < 1.29 is 29.1 Å². The van der Waals surface area contributed by atoms with E-state index in [2.05, 4.69) is 76.5 Å². The van der Waals surface area contributed by atoms with Gasteiger partial charge in [0.15, 0.2) is 0 Å². The van der Waals surface area contributed by atoms with E-state index in [1.165, 1.54) is 0 Å². The van der Waals surface area contributed by atoms with E-state index in [9.17, 15) is 0 Å². The Morgan fingerprint density at radius 1 is 0.917 bits per heavy atom. The fourth-order valence-electron chi connectivity index (χ4n) is 0. The van der Waals surface area contributed by atoms with Crippen LogP contribution in [0.3, 0.4) is 0 Å². The van der Waals surface area contributed by atoms with E-state index in [0.717, 1.165) is 11.1 Å². The van der Waals surface area contributed by atoms with Crippen LogP contribution in [-0.4, -0.2) is 0 Å². The molecule has 0 aromatic carbocycles. The molecular formula is C8H14Cl2Ni2-2. The molecule has 0 aromatic heterocycles. The second kappa shape index (κ2) is 29.8. The van der Waals surface area contributed by atoms with Gasteiger partial charge in [-0.2, -0.15) is 0 Å². The molecule has 0 heterocycles. The van der Waals surface area contributed by atoms with Gasteiger partial charge in [0, 0.05) is 0 Å². The number of halogens is 2. The van der Waals surface area contributed by atoms with Gasteiger partial charge < -0.3 is 0 Å². The van der Waals surface area contributed by atoms with Crippen LogP contribution in [0.1, 0.15) is 13.8 Å². The van der Waals surface area contributed by atoms with Gasteiger partial charge in [-0.25, -0.2) is 38.2 Å². The Bertz CT molecular complexity index is 73.1. The Hall–Kier alpha value is 0.787. The van der Waals surface area contributed by atoms with Gasteiger partial charge in [0.2, 0.25) is 0 Å². The zero-order valence-corrected chi connectivity index (χ0v) is 10.7. The van der Waals surface area contributed by atoms with Gasteiger partial charge in [-0.05, 0) is 0 Å². The molecule has 0 aliphatic heterocycles. The summed E-state index contributed by atoms with van der Waals surface area (Å²) in [6.45, 7) is 17.5. The standard InChI is InChI=1S/2C4H7.2ClH.2Ni/c2*1-4(2)3;;;;/h2*1-2H2,3H3;2*1H;;/q2*-1;;;2*+1/p-2. The molecule has 0 aromatic rings.